The molecule has 2 N–H and O–H groups in total. The summed E-state index contributed by atoms with van der Waals surface area (Å²) >= 11 is 1.51. The fourth-order valence-electron chi connectivity index (χ4n) is 4.82. The molecule has 6 heterocycles. The van der Waals surface area contributed by atoms with Crippen LogP contribution in [0, 0.1) is 0 Å². The van der Waals surface area contributed by atoms with Gasteiger partial charge in [-0.05, 0) is 18.9 Å². The SMILES string of the molecule is CC(=O)N1CCC(n2cc(-c3cnc(N)c4oc(-c5csc6cc(=O)n(C)cc56)cc34)cn2)CC1. The van der Waals surface area contributed by atoms with E-state index in [0.717, 1.165) is 58.1 Å². The van der Waals surface area contributed by atoms with Gasteiger partial charge in [0.05, 0.1) is 12.2 Å². The maximum atomic E-state index is 12.0. The highest BCUT2D eigenvalue weighted by atomic mass is 32.1. The van der Waals surface area contributed by atoms with E-state index in [1.807, 2.05) is 39.6 Å². The van der Waals surface area contributed by atoms with Crippen LogP contribution >= 0.6 is 11.3 Å². The Morgan fingerprint density at radius 2 is 1.94 bits per heavy atom. The van der Waals surface area contributed by atoms with Gasteiger partial charge in [0.25, 0.3) is 5.56 Å². The fourth-order valence-corrected chi connectivity index (χ4v) is 5.76. The van der Waals surface area contributed by atoms with E-state index < -0.39 is 0 Å². The number of fused-ring (bicyclic) bond motifs is 2. The van der Waals surface area contributed by atoms with Crippen molar-refractivity contribution in [1.29, 1.82) is 0 Å². The molecule has 0 bridgehead atoms. The normalized spacial score (nSPS) is 14.9. The monoisotopic (exact) mass is 488 g/mol. The third kappa shape index (κ3) is 3.61. The summed E-state index contributed by atoms with van der Waals surface area (Å²) in [7, 11) is 1.74. The topological polar surface area (TPSA) is 112 Å². The number of aromatic nitrogens is 4. The van der Waals surface area contributed by atoms with Crippen LogP contribution in [0.5, 0.6) is 0 Å². The number of likely N-dealkylation sites (tertiary alicyclic amines) is 1. The van der Waals surface area contributed by atoms with Gasteiger partial charge in [0.1, 0.15) is 5.76 Å². The predicted octanol–water partition coefficient (Wildman–Crippen LogP) is 4.04. The number of amides is 1. The van der Waals surface area contributed by atoms with Crippen molar-refractivity contribution in [2.75, 3.05) is 18.8 Å². The van der Waals surface area contributed by atoms with Crippen molar-refractivity contribution < 1.29 is 9.21 Å². The van der Waals surface area contributed by atoms with Gasteiger partial charge in [0.15, 0.2) is 11.4 Å². The number of piperidine rings is 1. The van der Waals surface area contributed by atoms with Crippen molar-refractivity contribution >= 4 is 44.1 Å². The summed E-state index contributed by atoms with van der Waals surface area (Å²) in [4.78, 5) is 29.9. The number of furan rings is 1. The Bertz CT molecular complexity index is 1650. The van der Waals surface area contributed by atoms with Crippen LogP contribution in [-0.2, 0) is 11.8 Å². The third-order valence-corrected chi connectivity index (χ3v) is 7.78. The zero-order chi connectivity index (χ0) is 24.3. The molecule has 0 aromatic carbocycles. The fraction of sp³-hybridized carbons (Fsp3) is 0.280. The second-order valence-corrected chi connectivity index (χ2v) is 9.92. The Labute approximate surface area is 204 Å². The van der Waals surface area contributed by atoms with Crippen LogP contribution in [0.3, 0.4) is 0 Å². The van der Waals surface area contributed by atoms with Gasteiger partial charge in [-0.25, -0.2) is 4.98 Å². The van der Waals surface area contributed by atoms with Gasteiger partial charge in [-0.1, -0.05) is 0 Å². The minimum absolute atomic E-state index is 0.0461. The number of pyridine rings is 2. The number of carbonyl (C=O) groups excluding carboxylic acids is 1. The Balaban J connectivity index is 1.38. The molecule has 1 aliphatic heterocycles. The molecule has 1 aliphatic rings. The third-order valence-electron chi connectivity index (χ3n) is 6.83. The van der Waals surface area contributed by atoms with Crippen LogP contribution in [0.1, 0.15) is 25.8 Å². The Morgan fingerprint density at radius 1 is 1.14 bits per heavy atom. The summed E-state index contributed by atoms with van der Waals surface area (Å²) in [6, 6.07) is 3.88. The van der Waals surface area contributed by atoms with Crippen molar-refractivity contribution in [1.82, 2.24) is 24.2 Å². The lowest BCUT2D eigenvalue weighted by Gasteiger charge is -2.31. The minimum Gasteiger partial charge on any atom is -0.452 e. The molecule has 5 aromatic heterocycles. The lowest BCUT2D eigenvalue weighted by molar-refractivity contribution is -0.130. The van der Waals surface area contributed by atoms with E-state index in [0.29, 0.717) is 17.2 Å². The number of hydrogen-bond acceptors (Lipinski definition) is 7. The number of thiophene rings is 1. The van der Waals surface area contributed by atoms with Crippen LogP contribution < -0.4 is 11.3 Å². The van der Waals surface area contributed by atoms with Crippen molar-refractivity contribution in [2.45, 2.75) is 25.8 Å². The van der Waals surface area contributed by atoms with Gasteiger partial charge >= 0.3 is 0 Å². The average molecular weight is 489 g/mol. The molecule has 0 radical (unpaired) electrons. The minimum atomic E-state index is -0.0461. The number of nitrogens with two attached hydrogens (primary N) is 1. The van der Waals surface area contributed by atoms with Gasteiger partial charge in [-0.2, -0.15) is 5.10 Å². The summed E-state index contributed by atoms with van der Waals surface area (Å²) in [6.07, 6.45) is 9.21. The van der Waals surface area contributed by atoms with Crippen LogP contribution in [0.25, 0.3) is 43.5 Å². The molecule has 6 rings (SSSR count). The van der Waals surface area contributed by atoms with Crippen LogP contribution in [0.2, 0.25) is 0 Å². The van der Waals surface area contributed by atoms with E-state index in [-0.39, 0.29) is 17.5 Å². The Hall–Kier alpha value is -3.92. The van der Waals surface area contributed by atoms with Gasteiger partial charge < -0.3 is 19.6 Å². The van der Waals surface area contributed by atoms with Gasteiger partial charge in [-0.15, -0.1) is 11.3 Å². The van der Waals surface area contributed by atoms with Crippen molar-refractivity contribution in [3.8, 4) is 22.5 Å². The predicted molar refractivity (Wildman–Crippen MR) is 136 cm³/mol. The van der Waals surface area contributed by atoms with E-state index in [1.165, 1.54) is 11.3 Å². The summed E-state index contributed by atoms with van der Waals surface area (Å²) < 4.78 is 10.7. The smallest absolute Gasteiger partial charge is 0.251 e. The second kappa shape index (κ2) is 8.09. The van der Waals surface area contributed by atoms with Crippen LogP contribution in [-0.4, -0.2) is 43.2 Å². The van der Waals surface area contributed by atoms with Crippen molar-refractivity contribution in [3.05, 3.63) is 52.7 Å². The summed E-state index contributed by atoms with van der Waals surface area (Å²) in [5.74, 6) is 1.12. The molecule has 0 atom stereocenters. The Morgan fingerprint density at radius 3 is 2.71 bits per heavy atom. The lowest BCUT2D eigenvalue weighted by Crippen LogP contribution is -2.37. The number of rotatable bonds is 3. The molecule has 1 saturated heterocycles. The summed E-state index contributed by atoms with van der Waals surface area (Å²) in [5, 5.41) is 8.44. The van der Waals surface area contributed by atoms with Crippen molar-refractivity contribution in [2.24, 2.45) is 7.05 Å². The van der Waals surface area contributed by atoms with Gasteiger partial charge in [0, 0.05) is 89.3 Å². The number of anilines is 1. The molecule has 35 heavy (non-hydrogen) atoms. The molecule has 1 fully saturated rings. The zero-order valence-corrected chi connectivity index (χ0v) is 20.2. The largest absolute Gasteiger partial charge is 0.452 e. The maximum absolute atomic E-state index is 12.0. The van der Waals surface area contributed by atoms with Gasteiger partial charge in [-0.3, -0.25) is 14.3 Å². The molecule has 10 heteroatoms. The maximum Gasteiger partial charge on any atom is 0.251 e. The van der Waals surface area contributed by atoms with Crippen LogP contribution in [0.15, 0.2) is 51.5 Å². The second-order valence-electron chi connectivity index (χ2n) is 9.01. The molecule has 5 aromatic rings. The first kappa shape index (κ1) is 21.6. The highest BCUT2D eigenvalue weighted by molar-refractivity contribution is 7.17. The van der Waals surface area contributed by atoms with Crippen molar-refractivity contribution in [3.63, 3.8) is 0 Å². The molecule has 0 saturated carbocycles. The molecular formula is C25H24N6O3S. The molecule has 9 nitrogen and oxygen atoms in total. The number of nitrogens with zero attached hydrogens (tertiary/aromatic N) is 5. The van der Waals surface area contributed by atoms with E-state index >= 15 is 0 Å². The number of hydrogen-bond donors (Lipinski definition) is 1. The lowest BCUT2D eigenvalue weighted by atomic mass is 10.0. The van der Waals surface area contributed by atoms with Crippen LogP contribution in [0.4, 0.5) is 5.82 Å². The molecule has 0 unspecified atom stereocenters. The highest BCUT2D eigenvalue weighted by Crippen LogP contribution is 2.40. The summed E-state index contributed by atoms with van der Waals surface area (Å²) in [5.41, 5.74) is 9.41. The molecule has 0 aliphatic carbocycles. The first-order chi connectivity index (χ1) is 16.9. The van der Waals surface area contributed by atoms with Gasteiger partial charge in [0.2, 0.25) is 5.91 Å². The first-order valence-corrected chi connectivity index (χ1v) is 12.3. The Kier molecular flexibility index (Phi) is 4.99. The van der Waals surface area contributed by atoms with E-state index in [9.17, 15) is 9.59 Å². The molecule has 1 amide bonds. The quantitative estimate of drug-likeness (QED) is 0.410. The summed E-state index contributed by atoms with van der Waals surface area (Å²) in [6.45, 7) is 3.10. The van der Waals surface area contributed by atoms with E-state index in [2.05, 4.69) is 10.1 Å². The standard InChI is InChI=1S/C25H24N6O3S/c1-14(32)30-5-3-16(4-6-30)31-11-15(9-28-31)18-10-27-25(26)24-17(18)7-21(34-24)20-13-35-22-8-23(33)29(2)12-19(20)22/h7-13,16H,3-6H2,1-2H3,(H2,26,27). The van der Waals surface area contributed by atoms with E-state index in [4.69, 9.17) is 10.2 Å². The highest BCUT2D eigenvalue weighted by Gasteiger charge is 2.23. The zero-order valence-electron chi connectivity index (χ0n) is 19.4. The number of nitrogen functional groups attached to an aromatic ring is 1. The molecular weight excluding hydrogens is 464 g/mol. The molecule has 0 spiro atoms. The first-order valence-electron chi connectivity index (χ1n) is 11.5. The number of aryl methyl sites for hydroxylation is 1. The average Bonchev–Trinajstić information content (AvgIpc) is 3.58. The number of carbonyl (C=O) groups is 1. The molecule has 178 valence electrons. The van der Waals surface area contributed by atoms with E-state index in [1.54, 1.807) is 30.8 Å².